The number of hydrogen-bond acceptors (Lipinski definition) is 5. The summed E-state index contributed by atoms with van der Waals surface area (Å²) in [6.45, 7) is 4.25. The van der Waals surface area contributed by atoms with Crippen molar-refractivity contribution in [3.05, 3.63) is 28.8 Å². The van der Waals surface area contributed by atoms with Crippen LogP contribution >= 0.6 is 23.2 Å². The molecular weight excluding hydrogens is 437 g/mol. The fraction of sp³-hybridized carbons (Fsp3) is 0.524. The molecule has 164 valence electrons. The molecular formula is C21H25Cl2N7O. The molecule has 0 bridgehead atoms. The molecule has 1 atom stereocenters. The monoisotopic (exact) mass is 461 g/mol. The number of amides is 1. The zero-order valence-electron chi connectivity index (χ0n) is 17.4. The number of carbonyl (C=O) groups excluding carboxylic acids is 1. The standard InChI is InChI=1S/C21H25Cl2N7O/c1-2-28-11-16(22)15-9-24-21(26-19(15)28)25-17-12-30(27-18(17)23)14-7-8-29(10-14)20(31)13-5-3-4-6-13/h9,11-14H,2-8,10H2,1H3,(H,24,25,26)/t14-/m1/s1. The number of nitrogens with one attached hydrogen (secondary N) is 1. The van der Waals surface area contributed by atoms with Crippen LogP contribution in [0.3, 0.4) is 0 Å². The zero-order valence-corrected chi connectivity index (χ0v) is 18.9. The molecule has 3 aromatic heterocycles. The van der Waals surface area contributed by atoms with Gasteiger partial charge in [-0.3, -0.25) is 9.48 Å². The van der Waals surface area contributed by atoms with Gasteiger partial charge in [0, 0.05) is 37.9 Å². The first-order chi connectivity index (χ1) is 15.0. The second-order valence-corrected chi connectivity index (χ2v) is 9.11. The highest BCUT2D eigenvalue weighted by Crippen LogP contribution is 2.32. The van der Waals surface area contributed by atoms with Crippen molar-refractivity contribution < 1.29 is 4.79 Å². The lowest BCUT2D eigenvalue weighted by atomic mass is 10.1. The quantitative estimate of drug-likeness (QED) is 0.597. The van der Waals surface area contributed by atoms with Gasteiger partial charge in [0.25, 0.3) is 0 Å². The maximum absolute atomic E-state index is 12.7. The molecule has 1 aliphatic heterocycles. The number of fused-ring (bicyclic) bond motifs is 1. The highest BCUT2D eigenvalue weighted by atomic mass is 35.5. The minimum atomic E-state index is 0.123. The van der Waals surface area contributed by atoms with Crippen LogP contribution in [0.5, 0.6) is 0 Å². The van der Waals surface area contributed by atoms with Crippen molar-refractivity contribution in [2.45, 2.75) is 51.6 Å². The molecule has 1 saturated carbocycles. The van der Waals surface area contributed by atoms with Gasteiger partial charge in [-0.05, 0) is 26.2 Å². The minimum absolute atomic E-state index is 0.123. The minimum Gasteiger partial charge on any atom is -0.340 e. The molecule has 31 heavy (non-hydrogen) atoms. The Morgan fingerprint density at radius 3 is 2.81 bits per heavy atom. The Morgan fingerprint density at radius 2 is 2.03 bits per heavy atom. The van der Waals surface area contributed by atoms with Gasteiger partial charge in [-0.25, -0.2) is 4.98 Å². The normalized spacial score (nSPS) is 19.6. The summed E-state index contributed by atoms with van der Waals surface area (Å²) in [6, 6.07) is 0.123. The van der Waals surface area contributed by atoms with Crippen molar-refractivity contribution in [3.8, 4) is 0 Å². The van der Waals surface area contributed by atoms with Gasteiger partial charge in [-0.1, -0.05) is 36.0 Å². The van der Waals surface area contributed by atoms with Crippen LogP contribution in [0.15, 0.2) is 18.6 Å². The van der Waals surface area contributed by atoms with E-state index in [1.807, 2.05) is 33.5 Å². The first kappa shape index (κ1) is 20.6. The van der Waals surface area contributed by atoms with Gasteiger partial charge < -0.3 is 14.8 Å². The lowest BCUT2D eigenvalue weighted by Gasteiger charge is -2.20. The Balaban J connectivity index is 1.31. The number of hydrogen-bond donors (Lipinski definition) is 1. The van der Waals surface area contributed by atoms with E-state index in [1.165, 1.54) is 12.8 Å². The lowest BCUT2D eigenvalue weighted by molar-refractivity contribution is -0.134. The largest absolute Gasteiger partial charge is 0.340 e. The average molecular weight is 462 g/mol. The van der Waals surface area contributed by atoms with Gasteiger partial charge in [0.2, 0.25) is 11.9 Å². The molecule has 3 aromatic rings. The molecule has 1 aliphatic carbocycles. The van der Waals surface area contributed by atoms with Gasteiger partial charge in [0.05, 0.1) is 28.3 Å². The zero-order chi connectivity index (χ0) is 21.5. The fourth-order valence-corrected chi connectivity index (χ4v) is 5.11. The Bertz CT molecular complexity index is 1120. The number of aryl methyl sites for hydroxylation is 1. The summed E-state index contributed by atoms with van der Waals surface area (Å²) in [7, 11) is 0. The van der Waals surface area contributed by atoms with Crippen LogP contribution in [0.1, 0.15) is 45.1 Å². The van der Waals surface area contributed by atoms with E-state index in [0.717, 1.165) is 43.4 Å². The fourth-order valence-electron chi connectivity index (χ4n) is 4.68. The van der Waals surface area contributed by atoms with E-state index in [9.17, 15) is 4.79 Å². The van der Waals surface area contributed by atoms with Crippen LogP contribution in [0, 0.1) is 5.92 Å². The van der Waals surface area contributed by atoms with Gasteiger partial charge in [-0.2, -0.15) is 10.1 Å². The molecule has 2 fully saturated rings. The first-order valence-electron chi connectivity index (χ1n) is 10.9. The summed E-state index contributed by atoms with van der Waals surface area (Å²) in [5, 5.41) is 9.45. The van der Waals surface area contributed by atoms with Gasteiger partial charge >= 0.3 is 0 Å². The molecule has 5 rings (SSSR count). The Kier molecular flexibility index (Phi) is 5.52. The SMILES string of the molecule is CCn1cc(Cl)c2cnc(Nc3cn([C@@H]4CCN(C(=O)C5CCCC5)C4)nc3Cl)nc21. The van der Waals surface area contributed by atoms with E-state index in [-0.39, 0.29) is 12.0 Å². The lowest BCUT2D eigenvalue weighted by Crippen LogP contribution is -2.33. The Morgan fingerprint density at radius 1 is 1.23 bits per heavy atom. The maximum Gasteiger partial charge on any atom is 0.229 e. The maximum atomic E-state index is 12.7. The molecule has 2 aliphatic rings. The van der Waals surface area contributed by atoms with Gasteiger partial charge in [0.1, 0.15) is 5.65 Å². The van der Waals surface area contributed by atoms with Crippen LogP contribution in [0.4, 0.5) is 11.6 Å². The topological polar surface area (TPSA) is 80.9 Å². The van der Waals surface area contributed by atoms with Crippen LogP contribution < -0.4 is 5.32 Å². The van der Waals surface area contributed by atoms with E-state index >= 15 is 0 Å². The number of aromatic nitrogens is 5. The van der Waals surface area contributed by atoms with Crippen molar-refractivity contribution in [3.63, 3.8) is 0 Å². The molecule has 10 heteroatoms. The average Bonchev–Trinajstić information content (AvgIpc) is 3.55. The third-order valence-electron chi connectivity index (χ3n) is 6.39. The smallest absolute Gasteiger partial charge is 0.229 e. The van der Waals surface area contributed by atoms with E-state index in [4.69, 9.17) is 23.2 Å². The number of carbonyl (C=O) groups is 1. The molecule has 8 nitrogen and oxygen atoms in total. The van der Waals surface area contributed by atoms with E-state index in [1.54, 1.807) is 6.20 Å². The Hall–Kier alpha value is -2.32. The van der Waals surface area contributed by atoms with Crippen LogP contribution in [0.25, 0.3) is 11.0 Å². The van der Waals surface area contributed by atoms with Crippen molar-refractivity contribution in [1.82, 2.24) is 29.2 Å². The third kappa shape index (κ3) is 3.87. The van der Waals surface area contributed by atoms with Gasteiger partial charge in [0.15, 0.2) is 5.15 Å². The number of anilines is 2. The van der Waals surface area contributed by atoms with E-state index in [0.29, 0.717) is 34.3 Å². The molecule has 0 unspecified atom stereocenters. The van der Waals surface area contributed by atoms with Crippen LogP contribution in [-0.4, -0.2) is 48.2 Å². The molecule has 4 heterocycles. The molecule has 0 spiro atoms. The number of rotatable bonds is 5. The second-order valence-electron chi connectivity index (χ2n) is 8.34. The molecule has 0 radical (unpaired) electrons. The molecule has 1 N–H and O–H groups in total. The summed E-state index contributed by atoms with van der Waals surface area (Å²) < 4.78 is 3.83. The predicted octanol–water partition coefficient (Wildman–Crippen LogP) is 4.66. The van der Waals surface area contributed by atoms with Gasteiger partial charge in [-0.15, -0.1) is 0 Å². The van der Waals surface area contributed by atoms with Crippen molar-refractivity contribution >= 4 is 51.8 Å². The summed E-state index contributed by atoms with van der Waals surface area (Å²) in [5.74, 6) is 0.943. The second kappa shape index (κ2) is 8.31. The Labute approximate surface area is 190 Å². The predicted molar refractivity (Wildman–Crippen MR) is 121 cm³/mol. The summed E-state index contributed by atoms with van der Waals surface area (Å²) in [6.07, 6.45) is 10.7. The summed E-state index contributed by atoms with van der Waals surface area (Å²) >= 11 is 12.7. The van der Waals surface area contributed by atoms with Crippen molar-refractivity contribution in [2.24, 2.45) is 5.92 Å². The highest BCUT2D eigenvalue weighted by molar-refractivity contribution is 6.35. The van der Waals surface area contributed by atoms with E-state index in [2.05, 4.69) is 20.4 Å². The third-order valence-corrected chi connectivity index (χ3v) is 6.98. The van der Waals surface area contributed by atoms with Crippen LogP contribution in [0.2, 0.25) is 10.2 Å². The number of nitrogens with zero attached hydrogens (tertiary/aromatic N) is 6. The number of likely N-dealkylation sites (tertiary alicyclic amines) is 1. The molecule has 1 saturated heterocycles. The van der Waals surface area contributed by atoms with E-state index < -0.39 is 0 Å². The highest BCUT2D eigenvalue weighted by Gasteiger charge is 2.33. The molecule has 0 aromatic carbocycles. The molecule has 1 amide bonds. The first-order valence-corrected chi connectivity index (χ1v) is 11.6. The number of halogens is 2. The summed E-state index contributed by atoms with van der Waals surface area (Å²) in [4.78, 5) is 23.7. The summed E-state index contributed by atoms with van der Waals surface area (Å²) in [5.41, 5.74) is 1.41. The van der Waals surface area contributed by atoms with Crippen molar-refractivity contribution in [1.29, 1.82) is 0 Å². The van der Waals surface area contributed by atoms with Crippen LogP contribution in [-0.2, 0) is 11.3 Å². The van der Waals surface area contributed by atoms with Crippen molar-refractivity contribution in [2.75, 3.05) is 18.4 Å².